The Morgan fingerprint density at radius 3 is 2.46 bits per heavy atom. The molecule has 6 rings (SSSR count). The Bertz CT molecular complexity index is 1710. The van der Waals surface area contributed by atoms with Gasteiger partial charge in [0.15, 0.2) is 5.50 Å². The van der Waals surface area contributed by atoms with Crippen LogP contribution in [0.1, 0.15) is 42.3 Å². The largest absolute Gasteiger partial charge is 0.355 e. The Morgan fingerprint density at radius 1 is 1.00 bits per heavy atom. The number of thioether (sulfide) groups is 1. The number of hydrogen-bond donors (Lipinski definition) is 2. The van der Waals surface area contributed by atoms with E-state index in [2.05, 4.69) is 52.5 Å². The van der Waals surface area contributed by atoms with Crippen LogP contribution in [0.15, 0.2) is 89.4 Å². The number of pyridine rings is 1. The molecule has 1 aliphatic heterocycles. The first-order valence-electron chi connectivity index (χ1n) is 12.8. The minimum Gasteiger partial charge on any atom is -0.355 e. The summed E-state index contributed by atoms with van der Waals surface area (Å²) in [6.45, 7) is 4.90. The van der Waals surface area contributed by atoms with Gasteiger partial charge in [-0.2, -0.15) is 5.10 Å². The van der Waals surface area contributed by atoms with E-state index in [0.29, 0.717) is 6.54 Å². The van der Waals surface area contributed by atoms with E-state index in [1.54, 1.807) is 30.1 Å². The number of hydrogen-bond acceptors (Lipinski definition) is 5. The van der Waals surface area contributed by atoms with Crippen molar-refractivity contribution < 1.29 is 8.78 Å². The molecule has 3 aromatic carbocycles. The Morgan fingerprint density at radius 2 is 1.72 bits per heavy atom. The van der Waals surface area contributed by atoms with Gasteiger partial charge in [-0.1, -0.05) is 55.9 Å². The summed E-state index contributed by atoms with van der Waals surface area (Å²) in [5.41, 5.74) is 9.80. The fourth-order valence-electron chi connectivity index (χ4n) is 4.89. The van der Waals surface area contributed by atoms with Crippen molar-refractivity contribution >= 4 is 45.5 Å². The maximum Gasteiger partial charge on any atom is 0.165 e. The van der Waals surface area contributed by atoms with Crippen LogP contribution in [-0.4, -0.2) is 21.3 Å². The highest BCUT2D eigenvalue weighted by molar-refractivity contribution is 8.03. The molecule has 0 saturated heterocycles. The molecule has 2 N–H and O–H groups in total. The first-order chi connectivity index (χ1) is 19.0. The Labute approximate surface area is 229 Å². The number of benzene rings is 3. The Hall–Kier alpha value is -4.17. The van der Waals surface area contributed by atoms with Crippen LogP contribution in [0.2, 0.25) is 0 Å². The van der Waals surface area contributed by atoms with Crippen molar-refractivity contribution in [3.8, 4) is 0 Å². The molecule has 0 bridgehead atoms. The fourth-order valence-corrected chi connectivity index (χ4v) is 5.68. The summed E-state index contributed by atoms with van der Waals surface area (Å²) in [5.74, 6) is -0.315. The van der Waals surface area contributed by atoms with Gasteiger partial charge in [-0.05, 0) is 71.0 Å². The fraction of sp³-hybridized carbons (Fsp3) is 0.161. The molecule has 5 aromatic rings. The van der Waals surface area contributed by atoms with E-state index in [9.17, 15) is 8.78 Å². The van der Waals surface area contributed by atoms with Gasteiger partial charge >= 0.3 is 0 Å². The van der Waals surface area contributed by atoms with Crippen molar-refractivity contribution in [2.75, 3.05) is 0 Å². The third-order valence-corrected chi connectivity index (χ3v) is 7.61. The van der Waals surface area contributed by atoms with Gasteiger partial charge in [-0.3, -0.25) is 5.43 Å². The summed E-state index contributed by atoms with van der Waals surface area (Å²) in [4.78, 5) is 5.00. The lowest BCUT2D eigenvalue weighted by atomic mass is 10.0. The molecule has 0 aliphatic carbocycles. The van der Waals surface area contributed by atoms with E-state index in [1.807, 2.05) is 29.7 Å². The lowest BCUT2D eigenvalue weighted by Gasteiger charge is -2.14. The van der Waals surface area contributed by atoms with Crippen LogP contribution < -0.4 is 10.7 Å². The molecule has 2 aromatic heterocycles. The zero-order chi connectivity index (χ0) is 26.9. The Balaban J connectivity index is 1.29. The number of nitrogens with one attached hydrogen (secondary N) is 2. The lowest BCUT2D eigenvalue weighted by molar-refractivity contribution is 0.626. The molecule has 0 amide bonds. The average molecular weight is 540 g/mol. The predicted octanol–water partition coefficient (Wildman–Crippen LogP) is 7.18. The summed E-state index contributed by atoms with van der Waals surface area (Å²) in [6.07, 6.45) is 1.75. The second kappa shape index (κ2) is 10.5. The number of aromatic nitrogens is 2. The Kier molecular flexibility index (Phi) is 6.79. The zero-order valence-corrected chi connectivity index (χ0v) is 22.3. The summed E-state index contributed by atoms with van der Waals surface area (Å²) in [7, 11) is 0. The maximum absolute atomic E-state index is 13.5. The molecule has 8 heteroatoms. The molecule has 3 heterocycles. The molecular formula is C31H27F2N5S. The molecule has 0 spiro atoms. The van der Waals surface area contributed by atoms with Crippen LogP contribution in [0.3, 0.4) is 0 Å². The molecule has 1 aliphatic rings. The third kappa shape index (κ3) is 5.12. The number of rotatable bonds is 7. The maximum atomic E-state index is 13.5. The van der Waals surface area contributed by atoms with Crippen molar-refractivity contribution in [2.45, 2.75) is 31.8 Å². The molecule has 0 fully saturated rings. The van der Waals surface area contributed by atoms with Crippen molar-refractivity contribution in [3.05, 3.63) is 118 Å². The standard InChI is InChI=1S/C31H27F2N5S/c1-19(2)29-30-26(25-5-3-4-6-28(25)38(30)17-20-7-11-22(32)12-8-20)15-24(35-29)16-34-37-31-36-27(18-39-31)21-9-13-23(33)14-10-21/h3-16,18-19,31,36-37H,17H2,1-2H3. The topological polar surface area (TPSA) is 54.2 Å². The molecule has 0 radical (unpaired) electrons. The van der Waals surface area contributed by atoms with Gasteiger partial charge in [0.1, 0.15) is 11.6 Å². The lowest BCUT2D eigenvalue weighted by Crippen LogP contribution is -2.32. The van der Waals surface area contributed by atoms with Crippen LogP contribution in [0, 0.1) is 11.6 Å². The molecule has 1 unspecified atom stereocenters. The highest BCUT2D eigenvalue weighted by Crippen LogP contribution is 2.34. The van der Waals surface area contributed by atoms with Gasteiger partial charge in [0.05, 0.1) is 28.8 Å². The van der Waals surface area contributed by atoms with Gasteiger partial charge in [-0.15, -0.1) is 0 Å². The van der Waals surface area contributed by atoms with E-state index in [0.717, 1.165) is 50.0 Å². The quantitative estimate of drug-likeness (QED) is 0.170. The molecule has 5 nitrogen and oxygen atoms in total. The van der Waals surface area contributed by atoms with E-state index in [1.165, 1.54) is 24.3 Å². The van der Waals surface area contributed by atoms with Gasteiger partial charge in [0.25, 0.3) is 0 Å². The van der Waals surface area contributed by atoms with E-state index in [4.69, 9.17) is 4.98 Å². The first-order valence-corrected chi connectivity index (χ1v) is 13.7. The molecule has 0 saturated carbocycles. The zero-order valence-electron chi connectivity index (χ0n) is 21.5. The van der Waals surface area contributed by atoms with E-state index in [-0.39, 0.29) is 23.1 Å². The van der Waals surface area contributed by atoms with Crippen molar-refractivity contribution in [3.63, 3.8) is 0 Å². The smallest absolute Gasteiger partial charge is 0.165 e. The van der Waals surface area contributed by atoms with Crippen molar-refractivity contribution in [1.82, 2.24) is 20.3 Å². The van der Waals surface area contributed by atoms with Gasteiger partial charge in [0, 0.05) is 22.8 Å². The second-order valence-corrected chi connectivity index (χ2v) is 10.8. The minimum absolute atomic E-state index is 0.146. The highest BCUT2D eigenvalue weighted by atomic mass is 32.2. The highest BCUT2D eigenvalue weighted by Gasteiger charge is 2.19. The third-order valence-electron chi connectivity index (χ3n) is 6.75. The van der Waals surface area contributed by atoms with Crippen molar-refractivity contribution in [1.29, 1.82) is 0 Å². The average Bonchev–Trinajstić information content (AvgIpc) is 3.53. The molecule has 196 valence electrons. The van der Waals surface area contributed by atoms with Gasteiger partial charge < -0.3 is 9.88 Å². The number of fused-ring (bicyclic) bond motifs is 3. The summed E-state index contributed by atoms with van der Waals surface area (Å²) in [6, 6.07) is 23.5. The van der Waals surface area contributed by atoms with Crippen LogP contribution in [0.4, 0.5) is 8.78 Å². The van der Waals surface area contributed by atoms with Crippen LogP contribution in [-0.2, 0) is 6.54 Å². The number of para-hydroxylation sites is 1. The van der Waals surface area contributed by atoms with Crippen LogP contribution in [0.5, 0.6) is 0 Å². The van der Waals surface area contributed by atoms with Crippen molar-refractivity contribution in [2.24, 2.45) is 5.10 Å². The normalized spacial score (nSPS) is 15.4. The van der Waals surface area contributed by atoms with Gasteiger partial charge in [0.2, 0.25) is 0 Å². The SMILES string of the molecule is CC(C)c1nc(C=NNC2NC(c3ccc(F)cc3)=CS2)cc2c3ccccc3n(Cc3ccc(F)cc3)c12. The van der Waals surface area contributed by atoms with Gasteiger partial charge in [-0.25, -0.2) is 13.8 Å². The number of hydrazone groups is 1. The molecule has 39 heavy (non-hydrogen) atoms. The summed E-state index contributed by atoms with van der Waals surface area (Å²) in [5, 5.41) is 12.1. The first kappa shape index (κ1) is 25.1. The predicted molar refractivity (Wildman–Crippen MR) is 156 cm³/mol. The van der Waals surface area contributed by atoms with E-state index >= 15 is 0 Å². The summed E-state index contributed by atoms with van der Waals surface area (Å²) < 4.78 is 29.1. The molecule has 1 atom stereocenters. The number of halogens is 2. The molecular weight excluding hydrogens is 512 g/mol. The van der Waals surface area contributed by atoms with Crippen LogP contribution in [0.25, 0.3) is 27.5 Å². The monoisotopic (exact) mass is 539 g/mol. The number of nitrogens with zero attached hydrogens (tertiary/aromatic N) is 3. The summed E-state index contributed by atoms with van der Waals surface area (Å²) >= 11 is 1.56. The minimum atomic E-state index is -0.256. The van der Waals surface area contributed by atoms with E-state index < -0.39 is 0 Å². The second-order valence-electron chi connectivity index (χ2n) is 9.80. The van der Waals surface area contributed by atoms with Crippen LogP contribution >= 0.6 is 11.8 Å².